The number of nitro benzene ring substituents is 1. The van der Waals surface area contributed by atoms with Gasteiger partial charge in [0.15, 0.2) is 4.34 Å². The molecule has 11 heteroatoms. The lowest BCUT2D eigenvalue weighted by molar-refractivity contribution is -0.387. The van der Waals surface area contributed by atoms with Crippen molar-refractivity contribution in [2.24, 2.45) is 0 Å². The van der Waals surface area contributed by atoms with Crippen molar-refractivity contribution in [3.63, 3.8) is 0 Å². The van der Waals surface area contributed by atoms with Gasteiger partial charge in [-0.25, -0.2) is 9.97 Å². The molecule has 0 aliphatic rings. The third-order valence-electron chi connectivity index (χ3n) is 4.76. The number of hydrogen-bond donors (Lipinski definition) is 2. The van der Waals surface area contributed by atoms with Crippen LogP contribution in [-0.4, -0.2) is 25.8 Å². The Morgan fingerprint density at radius 2 is 2.03 bits per heavy atom. The summed E-state index contributed by atoms with van der Waals surface area (Å²) in [6.45, 7) is 3.76. The first-order chi connectivity index (χ1) is 16.3. The molecule has 0 spiro atoms. The number of rotatable bonds is 7. The molecule has 4 aromatic rings. The van der Waals surface area contributed by atoms with E-state index in [1.54, 1.807) is 36.4 Å². The molecule has 0 bridgehead atoms. The molecule has 0 atom stereocenters. The van der Waals surface area contributed by atoms with E-state index in [9.17, 15) is 19.7 Å². The molecule has 0 saturated carbocycles. The molecule has 4 rings (SSSR count). The van der Waals surface area contributed by atoms with Crippen LogP contribution in [0.5, 0.6) is 0 Å². The van der Waals surface area contributed by atoms with Crippen LogP contribution in [0.2, 0.25) is 0 Å². The Morgan fingerprint density at radius 1 is 1.21 bits per heavy atom. The van der Waals surface area contributed by atoms with Gasteiger partial charge in [0.25, 0.3) is 17.2 Å². The molecular formula is C23H19N5O4S2. The van der Waals surface area contributed by atoms with E-state index in [4.69, 9.17) is 0 Å². The maximum atomic E-state index is 12.8. The van der Waals surface area contributed by atoms with Crippen molar-refractivity contribution < 1.29 is 9.72 Å². The van der Waals surface area contributed by atoms with E-state index in [0.29, 0.717) is 38.4 Å². The van der Waals surface area contributed by atoms with Gasteiger partial charge in [-0.05, 0) is 37.6 Å². The Kier molecular flexibility index (Phi) is 6.85. The SMILES string of the molecule is CCc1cc(=O)[nH]c(-c2cccc(NC(=O)c3ccc(Sc4nc(C)cs4)c([N+](=O)[O-])c3)c2)n1. The number of aromatic amines is 1. The predicted octanol–water partition coefficient (Wildman–Crippen LogP) is 5.08. The predicted molar refractivity (Wildman–Crippen MR) is 132 cm³/mol. The zero-order valence-corrected chi connectivity index (χ0v) is 19.8. The van der Waals surface area contributed by atoms with Crippen LogP contribution in [0.3, 0.4) is 0 Å². The van der Waals surface area contributed by atoms with Gasteiger partial charge in [0.05, 0.1) is 9.82 Å². The molecule has 0 radical (unpaired) electrons. The second kappa shape index (κ2) is 9.98. The van der Waals surface area contributed by atoms with E-state index in [1.807, 2.05) is 19.2 Å². The Balaban J connectivity index is 1.57. The lowest BCUT2D eigenvalue weighted by Crippen LogP contribution is -2.13. The normalized spacial score (nSPS) is 10.8. The van der Waals surface area contributed by atoms with Crippen molar-refractivity contribution >= 4 is 40.4 Å². The zero-order chi connectivity index (χ0) is 24.2. The van der Waals surface area contributed by atoms with Gasteiger partial charge in [0, 0.05) is 45.7 Å². The van der Waals surface area contributed by atoms with Gasteiger partial charge in [-0.15, -0.1) is 11.3 Å². The number of thiazole rings is 1. The summed E-state index contributed by atoms with van der Waals surface area (Å²) in [5, 5.41) is 16.3. The summed E-state index contributed by atoms with van der Waals surface area (Å²) in [6, 6.07) is 12.7. The molecule has 0 aliphatic heterocycles. The highest BCUT2D eigenvalue weighted by Gasteiger charge is 2.20. The fraction of sp³-hybridized carbons (Fsp3) is 0.130. The van der Waals surface area contributed by atoms with Crippen molar-refractivity contribution in [2.75, 3.05) is 5.32 Å². The number of benzene rings is 2. The number of carbonyl (C=O) groups excluding carboxylic acids is 1. The number of hydrogen-bond acceptors (Lipinski definition) is 8. The van der Waals surface area contributed by atoms with Crippen LogP contribution in [0, 0.1) is 17.0 Å². The number of aryl methyl sites for hydroxylation is 2. The van der Waals surface area contributed by atoms with Crippen molar-refractivity contribution in [2.45, 2.75) is 29.5 Å². The Bertz CT molecular complexity index is 1450. The van der Waals surface area contributed by atoms with Crippen molar-refractivity contribution in [1.82, 2.24) is 15.0 Å². The third-order valence-corrected chi connectivity index (χ3v) is 6.89. The summed E-state index contributed by atoms with van der Waals surface area (Å²) in [5.74, 6) is -0.0967. The molecule has 2 aromatic heterocycles. The number of anilines is 1. The molecule has 1 amide bonds. The summed E-state index contributed by atoms with van der Waals surface area (Å²) in [5.41, 5.74) is 2.32. The van der Waals surface area contributed by atoms with Gasteiger partial charge >= 0.3 is 0 Å². The van der Waals surface area contributed by atoms with Crippen molar-refractivity contribution in [3.05, 3.63) is 91.3 Å². The van der Waals surface area contributed by atoms with E-state index < -0.39 is 10.8 Å². The van der Waals surface area contributed by atoms with E-state index >= 15 is 0 Å². The number of nitro groups is 1. The van der Waals surface area contributed by atoms with Gasteiger partial charge in [-0.1, -0.05) is 30.8 Å². The minimum atomic E-state index is -0.511. The molecular weight excluding hydrogens is 474 g/mol. The van der Waals surface area contributed by atoms with Gasteiger partial charge < -0.3 is 10.3 Å². The highest BCUT2D eigenvalue weighted by Crippen LogP contribution is 2.37. The van der Waals surface area contributed by atoms with Crippen LogP contribution < -0.4 is 10.9 Å². The standard InChI is InChI=1S/C23H19N5O4S2/c1-3-16-11-20(29)27-21(25-16)14-5-4-6-17(9-14)26-22(30)15-7-8-19(18(10-15)28(31)32)34-23-24-13(2)12-33-23/h4-12H,3H2,1-2H3,(H,26,30)(H,25,27,29). The summed E-state index contributed by atoms with van der Waals surface area (Å²) in [4.78, 5) is 47.7. The van der Waals surface area contributed by atoms with Gasteiger partial charge in [0.1, 0.15) is 5.82 Å². The van der Waals surface area contributed by atoms with Crippen LogP contribution in [0.25, 0.3) is 11.4 Å². The number of aromatic nitrogens is 3. The highest BCUT2D eigenvalue weighted by molar-refractivity contribution is 8.01. The molecule has 0 unspecified atom stereocenters. The largest absolute Gasteiger partial charge is 0.322 e. The zero-order valence-electron chi connectivity index (χ0n) is 18.2. The van der Waals surface area contributed by atoms with E-state index in [-0.39, 0.29) is 16.8 Å². The van der Waals surface area contributed by atoms with Gasteiger partial charge in [-0.3, -0.25) is 19.7 Å². The minimum absolute atomic E-state index is 0.149. The van der Waals surface area contributed by atoms with Crippen LogP contribution >= 0.6 is 23.1 Å². The summed E-state index contributed by atoms with van der Waals surface area (Å²) in [6.07, 6.45) is 0.614. The summed E-state index contributed by atoms with van der Waals surface area (Å²) >= 11 is 2.59. The molecule has 9 nitrogen and oxygen atoms in total. The van der Waals surface area contributed by atoms with Gasteiger partial charge in [0.2, 0.25) is 0 Å². The molecule has 2 heterocycles. The first kappa shape index (κ1) is 23.3. The van der Waals surface area contributed by atoms with Crippen LogP contribution in [-0.2, 0) is 6.42 Å². The number of nitrogens with zero attached hydrogens (tertiary/aromatic N) is 3. The molecule has 2 aromatic carbocycles. The lowest BCUT2D eigenvalue weighted by Gasteiger charge is -2.09. The van der Waals surface area contributed by atoms with Crippen LogP contribution in [0.4, 0.5) is 11.4 Å². The number of carbonyl (C=O) groups is 1. The molecule has 0 fully saturated rings. The summed E-state index contributed by atoms with van der Waals surface area (Å²) < 4.78 is 0.688. The first-order valence-electron chi connectivity index (χ1n) is 10.2. The lowest BCUT2D eigenvalue weighted by atomic mass is 10.1. The van der Waals surface area contributed by atoms with Crippen LogP contribution in [0.15, 0.2) is 67.9 Å². The van der Waals surface area contributed by atoms with E-state index in [2.05, 4.69) is 20.3 Å². The molecule has 0 saturated heterocycles. The number of nitrogens with one attached hydrogen (secondary N) is 2. The van der Waals surface area contributed by atoms with E-state index in [0.717, 1.165) is 5.69 Å². The Hall–Kier alpha value is -3.83. The third kappa shape index (κ3) is 5.38. The monoisotopic (exact) mass is 493 g/mol. The number of amides is 1. The van der Waals surface area contributed by atoms with Crippen LogP contribution in [0.1, 0.15) is 28.7 Å². The Morgan fingerprint density at radius 3 is 2.74 bits per heavy atom. The topological polar surface area (TPSA) is 131 Å². The first-order valence-corrected chi connectivity index (χ1v) is 11.9. The Labute approximate surface area is 202 Å². The molecule has 172 valence electrons. The highest BCUT2D eigenvalue weighted by atomic mass is 32.2. The summed E-state index contributed by atoms with van der Waals surface area (Å²) in [7, 11) is 0. The number of H-pyrrole nitrogens is 1. The molecule has 0 aliphatic carbocycles. The second-order valence-electron chi connectivity index (χ2n) is 7.27. The fourth-order valence-corrected chi connectivity index (χ4v) is 5.01. The molecule has 2 N–H and O–H groups in total. The quantitative estimate of drug-likeness (QED) is 0.271. The smallest absolute Gasteiger partial charge is 0.284 e. The molecule has 34 heavy (non-hydrogen) atoms. The maximum absolute atomic E-state index is 12.8. The maximum Gasteiger partial charge on any atom is 0.284 e. The second-order valence-corrected chi connectivity index (χ2v) is 9.42. The van der Waals surface area contributed by atoms with Gasteiger partial charge in [-0.2, -0.15) is 0 Å². The minimum Gasteiger partial charge on any atom is -0.322 e. The average Bonchev–Trinajstić information content (AvgIpc) is 3.23. The van der Waals surface area contributed by atoms with Crippen molar-refractivity contribution in [1.29, 1.82) is 0 Å². The average molecular weight is 494 g/mol. The fourth-order valence-electron chi connectivity index (χ4n) is 3.13. The van der Waals surface area contributed by atoms with E-state index in [1.165, 1.54) is 35.2 Å². The van der Waals surface area contributed by atoms with Crippen molar-refractivity contribution in [3.8, 4) is 11.4 Å².